The van der Waals surface area contributed by atoms with E-state index in [1.54, 1.807) is 43.5 Å². The van der Waals surface area contributed by atoms with Gasteiger partial charge in [0.15, 0.2) is 5.13 Å². The lowest BCUT2D eigenvalue weighted by molar-refractivity contribution is 0.0949. The zero-order valence-corrected chi connectivity index (χ0v) is 18.3. The number of carbonyl (C=O) groups excluding carboxylic acids is 2. The van der Waals surface area contributed by atoms with Crippen molar-refractivity contribution < 1.29 is 14.0 Å². The SMILES string of the molecule is Cc1cccc(F)c1C(=O)c1sc(Nc2ccc(C(=O)NCc3ccccn3)cn2)nc1N. The minimum absolute atomic E-state index is 0.000623. The highest BCUT2D eigenvalue weighted by atomic mass is 32.1. The van der Waals surface area contributed by atoms with E-state index in [2.05, 4.69) is 25.6 Å². The molecule has 166 valence electrons. The van der Waals surface area contributed by atoms with Gasteiger partial charge in [0.25, 0.3) is 5.91 Å². The molecule has 0 saturated carbocycles. The summed E-state index contributed by atoms with van der Waals surface area (Å²) < 4.78 is 14.2. The third-order valence-corrected chi connectivity index (χ3v) is 5.71. The van der Waals surface area contributed by atoms with Crippen molar-refractivity contribution in [3.05, 3.63) is 94.0 Å². The molecular weight excluding hydrogens is 443 g/mol. The number of amides is 1. The van der Waals surface area contributed by atoms with Crippen molar-refractivity contribution >= 4 is 39.8 Å². The Morgan fingerprint density at radius 2 is 1.94 bits per heavy atom. The van der Waals surface area contributed by atoms with Crippen LogP contribution in [0.25, 0.3) is 0 Å². The number of anilines is 3. The van der Waals surface area contributed by atoms with Crippen LogP contribution in [-0.2, 0) is 6.54 Å². The van der Waals surface area contributed by atoms with Crippen molar-refractivity contribution in [1.29, 1.82) is 0 Å². The molecule has 1 aromatic carbocycles. The van der Waals surface area contributed by atoms with Crippen LogP contribution in [0.15, 0.2) is 60.9 Å². The fourth-order valence-electron chi connectivity index (χ4n) is 3.07. The van der Waals surface area contributed by atoms with Crippen LogP contribution in [0.2, 0.25) is 0 Å². The zero-order chi connectivity index (χ0) is 23.4. The smallest absolute Gasteiger partial charge is 0.253 e. The number of nitrogens with two attached hydrogens (primary N) is 1. The van der Waals surface area contributed by atoms with Gasteiger partial charge < -0.3 is 16.4 Å². The van der Waals surface area contributed by atoms with Crippen molar-refractivity contribution in [1.82, 2.24) is 20.3 Å². The number of hydrogen-bond acceptors (Lipinski definition) is 8. The fraction of sp³-hybridized carbons (Fsp3) is 0.0870. The average molecular weight is 463 g/mol. The lowest BCUT2D eigenvalue weighted by Gasteiger charge is -2.06. The number of thiazole rings is 1. The topological polar surface area (TPSA) is 123 Å². The van der Waals surface area contributed by atoms with Crippen molar-refractivity contribution in [2.45, 2.75) is 13.5 Å². The molecule has 0 atom stereocenters. The molecule has 10 heteroatoms. The normalized spacial score (nSPS) is 10.6. The molecule has 0 fully saturated rings. The number of nitrogens with one attached hydrogen (secondary N) is 2. The van der Waals surface area contributed by atoms with Crippen molar-refractivity contribution in [3.8, 4) is 0 Å². The standard InChI is InChI=1S/C23H19FN6O2S/c1-13-5-4-7-16(24)18(13)19(31)20-21(25)30-23(33-20)29-17-9-8-14(11-27-17)22(32)28-12-15-6-2-3-10-26-15/h2-11H,12,25H2,1H3,(H,28,32)(H,27,29,30). The Bertz CT molecular complexity index is 1290. The molecule has 0 aliphatic carbocycles. The number of nitrogens with zero attached hydrogens (tertiary/aromatic N) is 3. The minimum Gasteiger partial charge on any atom is -0.382 e. The second-order valence-corrected chi connectivity index (χ2v) is 8.05. The van der Waals surface area contributed by atoms with Gasteiger partial charge in [-0.3, -0.25) is 14.6 Å². The summed E-state index contributed by atoms with van der Waals surface area (Å²) in [6.45, 7) is 1.96. The van der Waals surface area contributed by atoms with Crippen LogP contribution >= 0.6 is 11.3 Å². The van der Waals surface area contributed by atoms with E-state index in [1.165, 1.54) is 12.3 Å². The Balaban J connectivity index is 1.43. The Kier molecular flexibility index (Phi) is 6.36. The minimum atomic E-state index is -0.610. The molecule has 4 rings (SSSR count). The third kappa shape index (κ3) is 5.01. The summed E-state index contributed by atoms with van der Waals surface area (Å²) in [6.07, 6.45) is 3.08. The molecule has 0 spiro atoms. The summed E-state index contributed by atoms with van der Waals surface area (Å²) in [6, 6.07) is 13.1. The molecule has 3 heterocycles. The van der Waals surface area contributed by atoms with Crippen LogP contribution in [0.1, 0.15) is 36.9 Å². The predicted octanol–water partition coefficient (Wildman–Crippen LogP) is 3.87. The van der Waals surface area contributed by atoms with Crippen LogP contribution in [0.3, 0.4) is 0 Å². The lowest BCUT2D eigenvalue weighted by Crippen LogP contribution is -2.23. The van der Waals surface area contributed by atoms with Crippen LogP contribution in [-0.4, -0.2) is 26.6 Å². The number of ketones is 1. The van der Waals surface area contributed by atoms with Crippen LogP contribution in [0, 0.1) is 12.7 Å². The van der Waals surface area contributed by atoms with Gasteiger partial charge in [-0.05, 0) is 42.8 Å². The molecule has 0 bridgehead atoms. The summed E-state index contributed by atoms with van der Waals surface area (Å²) >= 11 is 1.00. The van der Waals surface area contributed by atoms with Gasteiger partial charge in [-0.15, -0.1) is 0 Å². The highest BCUT2D eigenvalue weighted by molar-refractivity contribution is 7.18. The number of rotatable bonds is 7. The largest absolute Gasteiger partial charge is 0.382 e. The van der Waals surface area contributed by atoms with Crippen molar-refractivity contribution in [2.24, 2.45) is 0 Å². The first-order chi connectivity index (χ1) is 15.9. The molecule has 4 aromatic rings. The number of carbonyl (C=O) groups is 2. The highest BCUT2D eigenvalue weighted by Crippen LogP contribution is 2.30. The summed E-state index contributed by atoms with van der Waals surface area (Å²) in [7, 11) is 0. The number of halogens is 1. The fourth-order valence-corrected chi connectivity index (χ4v) is 3.91. The molecular formula is C23H19FN6O2S. The number of hydrogen-bond donors (Lipinski definition) is 3. The maximum atomic E-state index is 14.2. The second kappa shape index (κ2) is 9.53. The van der Waals surface area contributed by atoms with E-state index in [4.69, 9.17) is 5.73 Å². The Morgan fingerprint density at radius 1 is 1.09 bits per heavy atom. The number of pyridine rings is 2. The molecule has 4 N–H and O–H groups in total. The maximum Gasteiger partial charge on any atom is 0.253 e. The Hall–Kier alpha value is -4.18. The Labute approximate surface area is 192 Å². The van der Waals surface area contributed by atoms with E-state index in [0.29, 0.717) is 28.6 Å². The van der Waals surface area contributed by atoms with Gasteiger partial charge in [0.1, 0.15) is 22.3 Å². The van der Waals surface area contributed by atoms with Crippen molar-refractivity contribution in [2.75, 3.05) is 11.1 Å². The first-order valence-corrected chi connectivity index (χ1v) is 10.7. The van der Waals surface area contributed by atoms with Crippen molar-refractivity contribution in [3.63, 3.8) is 0 Å². The first kappa shape index (κ1) is 22.0. The number of aryl methyl sites for hydroxylation is 1. The van der Waals surface area contributed by atoms with E-state index in [0.717, 1.165) is 17.0 Å². The summed E-state index contributed by atoms with van der Waals surface area (Å²) in [5.41, 5.74) is 7.52. The van der Waals surface area contributed by atoms with E-state index < -0.39 is 11.6 Å². The summed E-state index contributed by atoms with van der Waals surface area (Å²) in [5, 5.41) is 6.05. The van der Waals surface area contributed by atoms with Gasteiger partial charge in [0.05, 0.1) is 23.4 Å². The molecule has 3 aromatic heterocycles. The highest BCUT2D eigenvalue weighted by Gasteiger charge is 2.22. The van der Waals surface area contributed by atoms with Crippen LogP contribution in [0.5, 0.6) is 0 Å². The zero-order valence-electron chi connectivity index (χ0n) is 17.5. The second-order valence-electron chi connectivity index (χ2n) is 7.06. The number of nitrogen functional groups attached to an aromatic ring is 1. The molecule has 0 radical (unpaired) electrons. The molecule has 33 heavy (non-hydrogen) atoms. The van der Waals surface area contributed by atoms with Gasteiger partial charge in [0.2, 0.25) is 5.78 Å². The van der Waals surface area contributed by atoms with E-state index in [9.17, 15) is 14.0 Å². The van der Waals surface area contributed by atoms with E-state index >= 15 is 0 Å². The van der Waals surface area contributed by atoms with Gasteiger partial charge in [-0.2, -0.15) is 0 Å². The lowest BCUT2D eigenvalue weighted by atomic mass is 10.0. The molecule has 1 amide bonds. The number of benzene rings is 1. The quantitative estimate of drug-likeness (QED) is 0.356. The number of aromatic nitrogens is 3. The molecule has 0 unspecified atom stereocenters. The van der Waals surface area contributed by atoms with Gasteiger partial charge >= 0.3 is 0 Å². The third-order valence-electron chi connectivity index (χ3n) is 4.73. The van der Waals surface area contributed by atoms with Crippen LogP contribution < -0.4 is 16.4 Å². The van der Waals surface area contributed by atoms with Gasteiger partial charge in [0, 0.05) is 12.4 Å². The molecule has 0 aliphatic rings. The molecule has 0 saturated heterocycles. The maximum absolute atomic E-state index is 14.2. The van der Waals surface area contributed by atoms with Gasteiger partial charge in [-0.25, -0.2) is 14.4 Å². The molecule has 8 nitrogen and oxygen atoms in total. The van der Waals surface area contributed by atoms with E-state index in [-0.39, 0.29) is 22.2 Å². The van der Waals surface area contributed by atoms with Gasteiger partial charge in [-0.1, -0.05) is 29.5 Å². The summed E-state index contributed by atoms with van der Waals surface area (Å²) in [5.74, 6) is -1.01. The van der Waals surface area contributed by atoms with E-state index in [1.807, 2.05) is 12.1 Å². The molecule has 0 aliphatic heterocycles. The predicted molar refractivity (Wildman–Crippen MR) is 124 cm³/mol. The first-order valence-electron chi connectivity index (χ1n) is 9.89. The average Bonchev–Trinajstić information content (AvgIpc) is 3.18. The summed E-state index contributed by atoms with van der Waals surface area (Å²) in [4.78, 5) is 37.8. The Morgan fingerprint density at radius 3 is 2.64 bits per heavy atom. The monoisotopic (exact) mass is 462 g/mol. The van der Waals surface area contributed by atoms with Crippen LogP contribution in [0.4, 0.5) is 21.2 Å².